The topological polar surface area (TPSA) is 12.0 Å². The van der Waals surface area contributed by atoms with Crippen molar-refractivity contribution in [1.82, 2.24) is 5.32 Å². The van der Waals surface area contributed by atoms with Gasteiger partial charge < -0.3 is 5.32 Å². The maximum atomic E-state index is 5.95. The summed E-state index contributed by atoms with van der Waals surface area (Å²) in [6.45, 7) is 0. The van der Waals surface area contributed by atoms with Crippen LogP contribution in [0.1, 0.15) is 22.2 Å². The van der Waals surface area contributed by atoms with Crippen molar-refractivity contribution < 1.29 is 0 Å². The van der Waals surface area contributed by atoms with Crippen LogP contribution in [-0.4, -0.2) is 7.05 Å². The van der Waals surface area contributed by atoms with Crippen LogP contribution in [0.25, 0.3) is 0 Å². The van der Waals surface area contributed by atoms with Gasteiger partial charge in [0.15, 0.2) is 0 Å². The summed E-state index contributed by atoms with van der Waals surface area (Å²) < 4.78 is 0.867. The zero-order valence-corrected chi connectivity index (χ0v) is 11.5. The molecule has 16 heavy (non-hydrogen) atoms. The first-order valence-corrected chi connectivity index (χ1v) is 7.32. The minimum atomic E-state index is 0.416. The summed E-state index contributed by atoms with van der Waals surface area (Å²) in [5.74, 6) is 0. The number of halogens is 1. The Balaban J connectivity index is 1.96. The Hall–Kier alpha value is -0.350. The van der Waals surface area contributed by atoms with Crippen molar-refractivity contribution in [2.75, 3.05) is 7.05 Å². The van der Waals surface area contributed by atoms with Gasteiger partial charge in [-0.15, -0.1) is 22.7 Å². The summed E-state index contributed by atoms with van der Waals surface area (Å²) in [6.07, 6.45) is 2.24. The SMILES string of the molecule is CNC(CCc1cccs1)c1ccc(Cl)s1. The van der Waals surface area contributed by atoms with Crippen molar-refractivity contribution in [1.29, 1.82) is 0 Å². The van der Waals surface area contributed by atoms with Gasteiger partial charge in [0.25, 0.3) is 0 Å². The van der Waals surface area contributed by atoms with Crippen LogP contribution in [0.2, 0.25) is 4.34 Å². The van der Waals surface area contributed by atoms with E-state index in [2.05, 4.69) is 28.9 Å². The van der Waals surface area contributed by atoms with Crippen molar-refractivity contribution in [3.8, 4) is 0 Å². The fourth-order valence-electron chi connectivity index (χ4n) is 1.69. The molecule has 0 aliphatic heterocycles. The molecular weight excluding hydrogens is 258 g/mol. The molecule has 0 aliphatic rings. The number of hydrogen-bond acceptors (Lipinski definition) is 3. The minimum Gasteiger partial charge on any atom is -0.312 e. The molecule has 0 amide bonds. The van der Waals surface area contributed by atoms with Gasteiger partial charge in [-0.05, 0) is 43.5 Å². The molecule has 1 atom stereocenters. The van der Waals surface area contributed by atoms with Gasteiger partial charge >= 0.3 is 0 Å². The Labute approximate surface area is 109 Å². The van der Waals surface area contributed by atoms with Gasteiger partial charge in [-0.1, -0.05) is 17.7 Å². The molecule has 4 heteroatoms. The van der Waals surface area contributed by atoms with E-state index >= 15 is 0 Å². The molecule has 1 unspecified atom stereocenters. The number of rotatable bonds is 5. The Kier molecular flexibility index (Phi) is 4.41. The Morgan fingerprint density at radius 1 is 1.38 bits per heavy atom. The number of thiophene rings is 2. The van der Waals surface area contributed by atoms with Crippen molar-refractivity contribution >= 4 is 34.3 Å². The van der Waals surface area contributed by atoms with Gasteiger partial charge in [0, 0.05) is 15.8 Å². The number of nitrogens with one attached hydrogen (secondary N) is 1. The van der Waals surface area contributed by atoms with Gasteiger partial charge in [0.2, 0.25) is 0 Å². The maximum Gasteiger partial charge on any atom is 0.0931 e. The molecule has 0 aromatic carbocycles. The van der Waals surface area contributed by atoms with Crippen LogP contribution in [0.15, 0.2) is 29.6 Å². The molecule has 2 heterocycles. The molecule has 0 saturated heterocycles. The van der Waals surface area contributed by atoms with Crippen LogP contribution in [-0.2, 0) is 6.42 Å². The molecule has 0 spiro atoms. The molecule has 0 fully saturated rings. The fraction of sp³-hybridized carbons (Fsp3) is 0.333. The van der Waals surface area contributed by atoms with Crippen molar-refractivity contribution in [2.45, 2.75) is 18.9 Å². The first kappa shape index (κ1) is 12.1. The zero-order chi connectivity index (χ0) is 11.4. The van der Waals surface area contributed by atoms with Gasteiger partial charge in [0.05, 0.1) is 4.34 Å². The van der Waals surface area contributed by atoms with Crippen LogP contribution < -0.4 is 5.32 Å². The van der Waals surface area contributed by atoms with E-state index < -0.39 is 0 Å². The molecule has 86 valence electrons. The second-order valence-corrected chi connectivity index (χ2v) is 6.38. The molecular formula is C12H14ClNS2. The smallest absolute Gasteiger partial charge is 0.0931 e. The van der Waals surface area contributed by atoms with Crippen LogP contribution in [0.5, 0.6) is 0 Å². The van der Waals surface area contributed by atoms with Crippen molar-refractivity contribution in [3.63, 3.8) is 0 Å². The second-order valence-electron chi connectivity index (χ2n) is 3.60. The van der Waals surface area contributed by atoms with E-state index in [1.807, 2.05) is 24.5 Å². The standard InChI is InChI=1S/C12H14ClNS2/c1-14-10(11-6-7-12(13)16-11)5-4-9-3-2-8-15-9/h2-3,6-8,10,14H,4-5H2,1H3. The molecule has 1 N–H and O–H groups in total. The Morgan fingerprint density at radius 2 is 2.25 bits per heavy atom. The summed E-state index contributed by atoms with van der Waals surface area (Å²) in [4.78, 5) is 2.77. The highest BCUT2D eigenvalue weighted by Gasteiger charge is 2.11. The van der Waals surface area contributed by atoms with Crippen molar-refractivity contribution in [2.24, 2.45) is 0 Å². The summed E-state index contributed by atoms with van der Waals surface area (Å²) in [5.41, 5.74) is 0. The molecule has 1 nitrogen and oxygen atoms in total. The molecule has 0 bridgehead atoms. The lowest BCUT2D eigenvalue weighted by Crippen LogP contribution is -2.15. The predicted octanol–water partition coefficient (Wildman–Crippen LogP) is 4.36. The van der Waals surface area contributed by atoms with Crippen molar-refractivity contribution in [3.05, 3.63) is 43.7 Å². The molecule has 0 aliphatic carbocycles. The van der Waals surface area contributed by atoms with Crippen LogP contribution in [0, 0.1) is 0 Å². The highest BCUT2D eigenvalue weighted by Crippen LogP contribution is 2.29. The highest BCUT2D eigenvalue weighted by molar-refractivity contribution is 7.16. The van der Waals surface area contributed by atoms with Crippen LogP contribution in [0.4, 0.5) is 0 Å². The lowest BCUT2D eigenvalue weighted by molar-refractivity contribution is 0.560. The largest absolute Gasteiger partial charge is 0.312 e. The lowest BCUT2D eigenvalue weighted by atomic mass is 10.1. The third-order valence-electron chi connectivity index (χ3n) is 2.55. The third kappa shape index (κ3) is 3.08. The van der Waals surface area contributed by atoms with Gasteiger partial charge in [-0.3, -0.25) is 0 Å². The average molecular weight is 272 g/mol. The second kappa shape index (κ2) is 5.82. The van der Waals surface area contributed by atoms with Gasteiger partial charge in [-0.25, -0.2) is 0 Å². The highest BCUT2D eigenvalue weighted by atomic mass is 35.5. The Bertz CT molecular complexity index is 422. The summed E-state index contributed by atoms with van der Waals surface area (Å²) >= 11 is 9.44. The molecule has 2 rings (SSSR count). The van der Waals surface area contributed by atoms with E-state index in [0.717, 1.165) is 17.2 Å². The van der Waals surface area contributed by atoms with E-state index in [1.54, 1.807) is 11.3 Å². The predicted molar refractivity (Wildman–Crippen MR) is 73.8 cm³/mol. The zero-order valence-electron chi connectivity index (χ0n) is 9.07. The normalized spacial score (nSPS) is 12.9. The van der Waals surface area contributed by atoms with Gasteiger partial charge in [0.1, 0.15) is 0 Å². The first-order chi connectivity index (χ1) is 7.79. The van der Waals surface area contributed by atoms with E-state index in [9.17, 15) is 0 Å². The quantitative estimate of drug-likeness (QED) is 0.852. The third-order valence-corrected chi connectivity index (χ3v) is 4.83. The summed E-state index contributed by atoms with van der Waals surface area (Å²) in [7, 11) is 2.01. The molecule has 2 aromatic rings. The number of hydrogen-bond donors (Lipinski definition) is 1. The number of aryl methyl sites for hydroxylation is 1. The van der Waals surface area contributed by atoms with E-state index in [-0.39, 0.29) is 0 Å². The van der Waals surface area contributed by atoms with E-state index in [1.165, 1.54) is 9.75 Å². The first-order valence-electron chi connectivity index (χ1n) is 5.24. The average Bonchev–Trinajstić information content (AvgIpc) is 2.91. The minimum absolute atomic E-state index is 0.416. The molecule has 0 saturated carbocycles. The van der Waals surface area contributed by atoms with Crippen LogP contribution >= 0.6 is 34.3 Å². The van der Waals surface area contributed by atoms with E-state index in [0.29, 0.717) is 6.04 Å². The monoisotopic (exact) mass is 271 g/mol. The lowest BCUT2D eigenvalue weighted by Gasteiger charge is -2.13. The molecule has 2 aromatic heterocycles. The van der Waals surface area contributed by atoms with Crippen LogP contribution in [0.3, 0.4) is 0 Å². The fourth-order valence-corrected chi connectivity index (χ4v) is 3.62. The maximum absolute atomic E-state index is 5.95. The van der Waals surface area contributed by atoms with Gasteiger partial charge in [-0.2, -0.15) is 0 Å². The van der Waals surface area contributed by atoms with E-state index in [4.69, 9.17) is 11.6 Å². The summed E-state index contributed by atoms with van der Waals surface area (Å²) in [5, 5.41) is 5.48. The molecule has 0 radical (unpaired) electrons. The summed E-state index contributed by atoms with van der Waals surface area (Å²) in [6, 6.07) is 8.80. The Morgan fingerprint density at radius 3 is 2.81 bits per heavy atom.